The minimum absolute atomic E-state index is 0.109. The van der Waals surface area contributed by atoms with Crippen LogP contribution >= 0.6 is 0 Å². The van der Waals surface area contributed by atoms with Crippen molar-refractivity contribution in [3.05, 3.63) is 11.8 Å². The topological polar surface area (TPSA) is 84.2 Å². The van der Waals surface area contributed by atoms with E-state index in [1.807, 2.05) is 13.8 Å². The number of aromatic amines is 1. The Bertz CT molecular complexity index is 364. The number of ether oxygens (including phenoxy) is 1. The average molecular weight is 240 g/mol. The number of hydrogen-bond donors (Lipinski definition) is 2. The molecule has 1 aromatic heterocycles. The number of nitrogen functional groups attached to an aromatic ring is 1. The van der Waals surface area contributed by atoms with Crippen LogP contribution in [0.2, 0.25) is 0 Å². The van der Waals surface area contributed by atoms with E-state index in [1.165, 1.54) is 6.20 Å². The lowest BCUT2D eigenvalue weighted by Gasteiger charge is -2.28. The van der Waals surface area contributed by atoms with Gasteiger partial charge < -0.3 is 15.4 Å². The smallest absolute Gasteiger partial charge is 0.259 e. The molecule has 0 aliphatic carbocycles. The molecule has 6 nitrogen and oxygen atoms in total. The number of anilines is 1. The van der Waals surface area contributed by atoms with E-state index < -0.39 is 0 Å². The molecule has 0 aromatic carbocycles. The van der Waals surface area contributed by atoms with Crippen molar-refractivity contribution in [2.75, 3.05) is 26.0 Å². The molecule has 1 atom stereocenters. The molecule has 1 rings (SSSR count). The highest BCUT2D eigenvalue weighted by molar-refractivity contribution is 5.98. The van der Waals surface area contributed by atoms with Gasteiger partial charge in [-0.05, 0) is 13.3 Å². The third-order valence-corrected chi connectivity index (χ3v) is 2.82. The maximum Gasteiger partial charge on any atom is 0.259 e. The van der Waals surface area contributed by atoms with Crippen molar-refractivity contribution < 1.29 is 9.53 Å². The Morgan fingerprint density at radius 1 is 1.71 bits per heavy atom. The first-order valence-corrected chi connectivity index (χ1v) is 5.70. The van der Waals surface area contributed by atoms with Crippen molar-refractivity contribution in [1.82, 2.24) is 15.1 Å². The molecule has 96 valence electrons. The molecule has 3 N–H and O–H groups in total. The lowest BCUT2D eigenvalue weighted by atomic mass is 10.2. The molecule has 17 heavy (non-hydrogen) atoms. The molecule has 0 bridgehead atoms. The van der Waals surface area contributed by atoms with Crippen molar-refractivity contribution in [1.29, 1.82) is 0 Å². The van der Waals surface area contributed by atoms with Gasteiger partial charge in [0.05, 0.1) is 12.8 Å². The van der Waals surface area contributed by atoms with Crippen LogP contribution in [0.1, 0.15) is 30.6 Å². The summed E-state index contributed by atoms with van der Waals surface area (Å²) in [6.07, 6.45) is 2.34. The number of amides is 1. The molecular weight excluding hydrogens is 220 g/mol. The zero-order valence-electron chi connectivity index (χ0n) is 10.6. The van der Waals surface area contributed by atoms with E-state index in [4.69, 9.17) is 10.5 Å². The second-order valence-electron chi connectivity index (χ2n) is 3.95. The van der Waals surface area contributed by atoms with Crippen molar-refractivity contribution in [2.45, 2.75) is 26.3 Å². The Kier molecular flexibility index (Phi) is 4.96. The number of carbonyl (C=O) groups is 1. The lowest BCUT2D eigenvalue weighted by molar-refractivity contribution is 0.0615. The predicted molar refractivity (Wildman–Crippen MR) is 65.7 cm³/mol. The first-order chi connectivity index (χ1) is 8.11. The Labute approximate surface area is 101 Å². The summed E-state index contributed by atoms with van der Waals surface area (Å²) in [5, 5.41) is 6.33. The van der Waals surface area contributed by atoms with E-state index in [0.29, 0.717) is 24.5 Å². The van der Waals surface area contributed by atoms with Gasteiger partial charge in [0.2, 0.25) is 0 Å². The van der Waals surface area contributed by atoms with E-state index in [1.54, 1.807) is 12.0 Å². The van der Waals surface area contributed by atoms with Crippen molar-refractivity contribution in [3.63, 3.8) is 0 Å². The third kappa shape index (κ3) is 3.20. The molecule has 0 spiro atoms. The summed E-state index contributed by atoms with van der Waals surface area (Å²) in [5.74, 6) is 0.198. The molecule has 0 aliphatic heterocycles. The molecule has 1 unspecified atom stereocenters. The Morgan fingerprint density at radius 2 is 2.41 bits per heavy atom. The largest absolute Gasteiger partial charge is 0.383 e. The van der Waals surface area contributed by atoms with Gasteiger partial charge in [-0.15, -0.1) is 0 Å². The number of aromatic nitrogens is 2. The maximum atomic E-state index is 12.3. The highest BCUT2D eigenvalue weighted by Crippen LogP contribution is 2.14. The van der Waals surface area contributed by atoms with Crippen LogP contribution in [-0.4, -0.2) is 47.3 Å². The number of H-pyrrole nitrogens is 1. The van der Waals surface area contributed by atoms with Crippen LogP contribution in [0, 0.1) is 0 Å². The standard InChI is InChI=1S/C11H20N4O2/c1-4-8(2)15(5-6-17-3)11(16)9-7-13-14-10(9)12/h7-8H,4-6H2,1-3H3,(H3,12,13,14). The molecule has 1 amide bonds. The van der Waals surface area contributed by atoms with Gasteiger partial charge >= 0.3 is 0 Å². The van der Waals surface area contributed by atoms with Gasteiger partial charge in [0.25, 0.3) is 5.91 Å². The Hall–Kier alpha value is -1.56. The molecule has 0 saturated carbocycles. The number of nitrogens with zero attached hydrogens (tertiary/aromatic N) is 2. The zero-order valence-corrected chi connectivity index (χ0v) is 10.6. The maximum absolute atomic E-state index is 12.3. The Morgan fingerprint density at radius 3 is 2.88 bits per heavy atom. The van der Waals surface area contributed by atoms with Crippen LogP contribution in [0.5, 0.6) is 0 Å². The SMILES string of the molecule is CCC(C)N(CCOC)C(=O)c1cn[nH]c1N. The monoisotopic (exact) mass is 240 g/mol. The number of carbonyl (C=O) groups excluding carboxylic acids is 1. The van der Waals surface area contributed by atoms with Crippen LogP contribution in [-0.2, 0) is 4.74 Å². The second kappa shape index (κ2) is 6.24. The summed E-state index contributed by atoms with van der Waals surface area (Å²) < 4.78 is 5.02. The van der Waals surface area contributed by atoms with E-state index >= 15 is 0 Å². The quantitative estimate of drug-likeness (QED) is 0.773. The zero-order chi connectivity index (χ0) is 12.8. The number of rotatable bonds is 6. The van der Waals surface area contributed by atoms with Gasteiger partial charge in [-0.25, -0.2) is 0 Å². The molecule has 0 fully saturated rings. The first kappa shape index (κ1) is 13.5. The molecule has 0 aliphatic rings. The summed E-state index contributed by atoms with van der Waals surface area (Å²) in [6.45, 7) is 5.10. The van der Waals surface area contributed by atoms with Gasteiger partial charge in [-0.2, -0.15) is 5.10 Å². The minimum atomic E-state index is -0.109. The average Bonchev–Trinajstić information content (AvgIpc) is 2.75. The summed E-state index contributed by atoms with van der Waals surface area (Å²) in [4.78, 5) is 14.0. The molecule has 0 saturated heterocycles. The Balaban J connectivity index is 2.82. The van der Waals surface area contributed by atoms with Crippen LogP contribution < -0.4 is 5.73 Å². The fraction of sp³-hybridized carbons (Fsp3) is 0.636. The van der Waals surface area contributed by atoms with Gasteiger partial charge in [0.1, 0.15) is 11.4 Å². The van der Waals surface area contributed by atoms with E-state index in [0.717, 1.165) is 6.42 Å². The van der Waals surface area contributed by atoms with Crippen LogP contribution in [0.15, 0.2) is 6.20 Å². The van der Waals surface area contributed by atoms with Crippen LogP contribution in [0.3, 0.4) is 0 Å². The normalized spacial score (nSPS) is 12.4. The van der Waals surface area contributed by atoms with E-state index in [9.17, 15) is 4.79 Å². The summed E-state index contributed by atoms with van der Waals surface area (Å²) in [5.41, 5.74) is 6.07. The van der Waals surface area contributed by atoms with Crippen LogP contribution in [0.25, 0.3) is 0 Å². The van der Waals surface area contributed by atoms with Gasteiger partial charge in [0, 0.05) is 19.7 Å². The third-order valence-electron chi connectivity index (χ3n) is 2.82. The number of nitrogens with two attached hydrogens (primary N) is 1. The van der Waals surface area contributed by atoms with Crippen molar-refractivity contribution in [2.24, 2.45) is 0 Å². The van der Waals surface area contributed by atoms with Crippen molar-refractivity contribution >= 4 is 11.7 Å². The highest BCUT2D eigenvalue weighted by Gasteiger charge is 2.22. The number of hydrogen-bond acceptors (Lipinski definition) is 4. The van der Waals surface area contributed by atoms with Gasteiger partial charge in [0.15, 0.2) is 0 Å². The number of nitrogens with one attached hydrogen (secondary N) is 1. The van der Waals surface area contributed by atoms with Gasteiger partial charge in [-0.3, -0.25) is 9.89 Å². The fourth-order valence-electron chi connectivity index (χ4n) is 1.55. The molecule has 0 radical (unpaired) electrons. The van der Waals surface area contributed by atoms with Crippen molar-refractivity contribution in [3.8, 4) is 0 Å². The molecular formula is C11H20N4O2. The van der Waals surface area contributed by atoms with E-state index in [2.05, 4.69) is 10.2 Å². The molecule has 1 heterocycles. The van der Waals surface area contributed by atoms with E-state index in [-0.39, 0.29) is 11.9 Å². The highest BCUT2D eigenvalue weighted by atomic mass is 16.5. The lowest BCUT2D eigenvalue weighted by Crippen LogP contribution is -2.40. The summed E-state index contributed by atoms with van der Waals surface area (Å²) in [6, 6.07) is 0.145. The minimum Gasteiger partial charge on any atom is -0.383 e. The second-order valence-corrected chi connectivity index (χ2v) is 3.95. The summed E-state index contributed by atoms with van der Waals surface area (Å²) in [7, 11) is 1.62. The summed E-state index contributed by atoms with van der Waals surface area (Å²) >= 11 is 0. The first-order valence-electron chi connectivity index (χ1n) is 5.70. The molecule has 6 heteroatoms. The van der Waals surface area contributed by atoms with Gasteiger partial charge in [-0.1, -0.05) is 6.92 Å². The number of methoxy groups -OCH3 is 1. The van der Waals surface area contributed by atoms with Crippen LogP contribution in [0.4, 0.5) is 5.82 Å². The predicted octanol–water partition coefficient (Wildman–Crippen LogP) is 0.879. The fourth-order valence-corrected chi connectivity index (χ4v) is 1.55. The molecule has 1 aromatic rings.